The first-order valence-electron chi connectivity index (χ1n) is 11.8. The summed E-state index contributed by atoms with van der Waals surface area (Å²) in [5.74, 6) is -6.24. The van der Waals surface area contributed by atoms with Crippen LogP contribution in [-0.2, 0) is 32.2 Å². The maximum absolute atomic E-state index is 15.1. The van der Waals surface area contributed by atoms with Crippen molar-refractivity contribution in [1.82, 2.24) is 14.5 Å². The molecule has 0 N–H and O–H groups in total. The van der Waals surface area contributed by atoms with Crippen molar-refractivity contribution in [2.75, 3.05) is 0 Å². The summed E-state index contributed by atoms with van der Waals surface area (Å²) in [5.41, 5.74) is -0.0744. The molecule has 7 nitrogen and oxygen atoms in total. The molecule has 37 heavy (non-hydrogen) atoms. The van der Waals surface area contributed by atoms with Crippen LogP contribution in [0.2, 0.25) is 5.02 Å². The maximum Gasteiger partial charge on any atom is 0.348 e. The number of amides is 4. The summed E-state index contributed by atoms with van der Waals surface area (Å²) in [7, 11) is 7.66. The zero-order chi connectivity index (χ0) is 27.5. The van der Waals surface area contributed by atoms with Crippen LogP contribution in [-0.4, -0.2) is 83.1 Å². The SMILES string of the molecule is BN1C(=O)CCC(B)(N2Cc3cc(C(B)(B)N(B)C(=O)C(F)(F)c4ccc(Cl)cc4)ccc3C2=O)C1=O. The van der Waals surface area contributed by atoms with E-state index in [9.17, 15) is 19.2 Å². The summed E-state index contributed by atoms with van der Waals surface area (Å²) in [5, 5.41) is -0.875. The molecule has 1 unspecified atom stereocenters. The number of nitrogens with zero attached hydrogens (tertiary/aromatic N) is 3. The van der Waals surface area contributed by atoms with Gasteiger partial charge in [-0.3, -0.25) is 19.2 Å². The highest BCUT2D eigenvalue weighted by Gasteiger charge is 2.50. The van der Waals surface area contributed by atoms with Crippen LogP contribution in [0.4, 0.5) is 8.78 Å². The van der Waals surface area contributed by atoms with Gasteiger partial charge in [0.1, 0.15) is 23.5 Å². The Morgan fingerprint density at radius 1 is 1.05 bits per heavy atom. The number of alkyl halides is 2. The van der Waals surface area contributed by atoms with Crippen LogP contribution in [0.15, 0.2) is 42.5 Å². The van der Waals surface area contributed by atoms with E-state index in [1.807, 2.05) is 0 Å². The molecule has 1 atom stereocenters. The molecule has 2 heterocycles. The summed E-state index contributed by atoms with van der Waals surface area (Å²) < 4.78 is 30.2. The lowest BCUT2D eigenvalue weighted by Gasteiger charge is -2.43. The van der Waals surface area contributed by atoms with Gasteiger partial charge >= 0.3 is 5.92 Å². The fourth-order valence-corrected chi connectivity index (χ4v) is 5.02. The van der Waals surface area contributed by atoms with E-state index in [1.54, 1.807) is 41.7 Å². The second kappa shape index (κ2) is 9.08. The number of fused-ring (bicyclic) bond motifs is 1. The van der Waals surface area contributed by atoms with Gasteiger partial charge in [-0.25, -0.2) is 0 Å². The van der Waals surface area contributed by atoms with Crippen molar-refractivity contribution in [2.24, 2.45) is 0 Å². The van der Waals surface area contributed by atoms with E-state index in [1.165, 1.54) is 33.0 Å². The van der Waals surface area contributed by atoms with Crippen LogP contribution in [0.1, 0.15) is 39.9 Å². The lowest BCUT2D eigenvalue weighted by Crippen LogP contribution is -2.64. The quantitative estimate of drug-likeness (QED) is 0.333. The van der Waals surface area contributed by atoms with Crippen LogP contribution in [0.3, 0.4) is 0 Å². The number of benzene rings is 2. The predicted octanol–water partition coefficient (Wildman–Crippen LogP) is -2.13. The van der Waals surface area contributed by atoms with Gasteiger partial charge in [0.05, 0.1) is 5.44 Å². The van der Waals surface area contributed by atoms with Crippen LogP contribution in [0, 0.1) is 0 Å². The van der Waals surface area contributed by atoms with E-state index < -0.39 is 34.1 Å². The second-order valence-corrected chi connectivity index (χ2v) is 10.7. The summed E-state index contributed by atoms with van der Waals surface area (Å²) in [6.45, 7) is 0.126. The van der Waals surface area contributed by atoms with Gasteiger partial charge in [-0.1, -0.05) is 35.9 Å². The number of carbonyl (C=O) groups excluding carboxylic acids is 4. The van der Waals surface area contributed by atoms with E-state index in [0.717, 1.165) is 21.8 Å². The average Bonchev–Trinajstić information content (AvgIpc) is 3.20. The van der Waals surface area contributed by atoms with E-state index >= 15 is 8.78 Å². The molecule has 0 saturated carbocycles. The Bertz CT molecular complexity index is 1330. The molecule has 0 radical (unpaired) electrons. The molecule has 4 amide bonds. The van der Waals surface area contributed by atoms with Crippen LogP contribution >= 0.6 is 11.6 Å². The summed E-state index contributed by atoms with van der Waals surface area (Å²) in [6.07, 6.45) is 0.357. The molecule has 186 valence electrons. The Kier molecular flexibility index (Phi) is 6.63. The molecule has 1 saturated heterocycles. The molecule has 15 heteroatoms. The Labute approximate surface area is 222 Å². The first-order chi connectivity index (χ1) is 17.1. The number of halogens is 3. The minimum atomic E-state index is -3.78. The summed E-state index contributed by atoms with van der Waals surface area (Å²) >= 11 is 5.80. The highest BCUT2D eigenvalue weighted by molar-refractivity contribution is 6.43. The smallest absolute Gasteiger partial charge is 0.348 e. The van der Waals surface area contributed by atoms with Crippen LogP contribution in [0.5, 0.6) is 0 Å². The average molecular weight is 521 g/mol. The van der Waals surface area contributed by atoms with Crippen molar-refractivity contribution in [3.05, 3.63) is 69.7 Å². The zero-order valence-electron chi connectivity index (χ0n) is 21.3. The van der Waals surface area contributed by atoms with Crippen molar-refractivity contribution in [3.8, 4) is 0 Å². The number of piperidine rings is 1. The highest BCUT2D eigenvalue weighted by Crippen LogP contribution is 2.37. The number of hydrogen-bond donors (Lipinski definition) is 0. The molecular weight excluding hydrogens is 498 g/mol. The van der Waals surface area contributed by atoms with E-state index in [4.69, 9.17) is 11.6 Å². The lowest BCUT2D eigenvalue weighted by molar-refractivity contribution is -0.155. The van der Waals surface area contributed by atoms with Gasteiger partial charge in [0.2, 0.25) is 27.8 Å². The van der Waals surface area contributed by atoms with Gasteiger partial charge in [-0.05, 0) is 41.1 Å². The van der Waals surface area contributed by atoms with Gasteiger partial charge in [0.25, 0.3) is 11.8 Å². The van der Waals surface area contributed by atoms with Gasteiger partial charge < -0.3 is 14.5 Å². The van der Waals surface area contributed by atoms with Crippen LogP contribution in [0.25, 0.3) is 0 Å². The molecule has 0 aromatic heterocycles. The fraction of sp³-hybridized carbons (Fsp3) is 0.273. The predicted molar refractivity (Wildman–Crippen MR) is 147 cm³/mol. The standard InChI is InChI=1S/C22H23B5ClF2N3O4/c23-20(8-7-16(34)32(26)18(20)36)31-10-11-9-13(3-6-15(11)17(31)35)22(24,25)33(27)19(37)21(29,30)12-1-4-14(28)5-2-12/h1-6,9H,7-8,10,23-27H2. The molecule has 0 bridgehead atoms. The van der Waals surface area contributed by atoms with Gasteiger partial charge in [0, 0.05) is 29.1 Å². The van der Waals surface area contributed by atoms with E-state index in [-0.39, 0.29) is 36.2 Å². The molecule has 2 aliphatic heterocycles. The number of rotatable bonds is 5. The van der Waals surface area contributed by atoms with Gasteiger partial charge in [-0.2, -0.15) is 8.78 Å². The molecule has 4 rings (SSSR count). The van der Waals surface area contributed by atoms with Crippen LogP contribution < -0.4 is 0 Å². The van der Waals surface area contributed by atoms with Crippen molar-refractivity contribution in [3.63, 3.8) is 0 Å². The molecule has 1 fully saturated rings. The third-order valence-corrected chi connectivity index (χ3v) is 8.05. The summed E-state index contributed by atoms with van der Waals surface area (Å²) in [6, 6.07) is 9.78. The third-order valence-electron chi connectivity index (χ3n) is 7.80. The number of imide groups is 1. The summed E-state index contributed by atoms with van der Waals surface area (Å²) in [4.78, 5) is 54.6. The monoisotopic (exact) mass is 521 g/mol. The maximum atomic E-state index is 15.1. The lowest BCUT2D eigenvalue weighted by atomic mass is 9.55. The second-order valence-electron chi connectivity index (χ2n) is 10.3. The Morgan fingerprint density at radius 3 is 2.27 bits per heavy atom. The highest BCUT2D eigenvalue weighted by atomic mass is 35.5. The fourth-order valence-electron chi connectivity index (χ4n) is 4.89. The first-order valence-corrected chi connectivity index (χ1v) is 12.2. The Hall–Kier alpha value is -3.01. The minimum absolute atomic E-state index is 0.126. The normalized spacial score (nSPS) is 20.2. The zero-order valence-corrected chi connectivity index (χ0v) is 22.0. The third kappa shape index (κ3) is 4.29. The largest absolute Gasteiger partial charge is 0.393 e. The van der Waals surface area contributed by atoms with Crippen molar-refractivity contribution in [1.29, 1.82) is 0 Å². The minimum Gasteiger partial charge on any atom is -0.393 e. The van der Waals surface area contributed by atoms with Gasteiger partial charge in [-0.15, -0.1) is 0 Å². The number of carbonyl (C=O) groups is 4. The van der Waals surface area contributed by atoms with E-state index in [0.29, 0.717) is 16.7 Å². The first kappa shape index (κ1) is 27.0. The number of hydrogen-bond acceptors (Lipinski definition) is 4. The van der Waals surface area contributed by atoms with Crippen molar-refractivity contribution >= 4 is 74.7 Å². The molecular formula is C22H23B5ClF2N3O4. The van der Waals surface area contributed by atoms with E-state index in [2.05, 4.69) is 0 Å². The topological polar surface area (TPSA) is 78.0 Å². The molecule has 2 aliphatic rings. The Morgan fingerprint density at radius 2 is 1.65 bits per heavy atom. The Balaban J connectivity index is 1.61. The molecule has 0 aliphatic carbocycles. The van der Waals surface area contributed by atoms with Crippen molar-refractivity contribution < 1.29 is 28.0 Å². The molecule has 2 aromatic carbocycles. The molecule has 2 aromatic rings. The van der Waals surface area contributed by atoms with Gasteiger partial charge in [0.15, 0.2) is 0 Å². The van der Waals surface area contributed by atoms with Crippen molar-refractivity contribution in [2.45, 2.75) is 36.1 Å². The molecule has 0 spiro atoms.